The van der Waals surface area contributed by atoms with Crippen LogP contribution < -0.4 is 10.2 Å². The first-order valence-corrected chi connectivity index (χ1v) is 8.62. The summed E-state index contributed by atoms with van der Waals surface area (Å²) < 4.78 is 0. The molecule has 2 aromatic heterocycles. The number of hydrogen-bond donors (Lipinski definition) is 1. The van der Waals surface area contributed by atoms with E-state index in [9.17, 15) is 10.1 Å². The van der Waals surface area contributed by atoms with Gasteiger partial charge in [-0.25, -0.2) is 15.0 Å². The molecule has 3 aromatic rings. The average Bonchev–Trinajstić information content (AvgIpc) is 2.69. The molecule has 1 aromatic carbocycles. The molecule has 1 aliphatic rings. The Morgan fingerprint density at radius 3 is 2.67 bits per heavy atom. The van der Waals surface area contributed by atoms with Gasteiger partial charge in [0.2, 0.25) is 11.6 Å². The van der Waals surface area contributed by atoms with Crippen molar-refractivity contribution in [2.24, 2.45) is 0 Å². The van der Waals surface area contributed by atoms with Gasteiger partial charge in [0.05, 0.1) is 4.92 Å². The first-order valence-electron chi connectivity index (χ1n) is 8.62. The molecule has 0 radical (unpaired) electrons. The molecule has 0 amide bonds. The van der Waals surface area contributed by atoms with Crippen LogP contribution in [0.5, 0.6) is 0 Å². The van der Waals surface area contributed by atoms with E-state index in [-0.39, 0.29) is 11.5 Å². The van der Waals surface area contributed by atoms with E-state index in [1.807, 2.05) is 36.1 Å². The number of pyridine rings is 1. The number of aryl methyl sites for hydroxylation is 1. The maximum Gasteiger partial charge on any atom is 0.353 e. The number of rotatable bonds is 4. The summed E-state index contributed by atoms with van der Waals surface area (Å²) in [4.78, 5) is 25.9. The summed E-state index contributed by atoms with van der Waals surface area (Å²) in [6, 6.07) is 11.8. The number of nitro groups is 1. The Morgan fingerprint density at radius 1 is 1.11 bits per heavy atom. The van der Waals surface area contributed by atoms with E-state index in [1.165, 1.54) is 11.9 Å². The predicted octanol–water partition coefficient (Wildman–Crippen LogP) is 3.39. The molecule has 3 heterocycles. The normalized spacial score (nSPS) is 13.1. The van der Waals surface area contributed by atoms with E-state index in [0.717, 1.165) is 17.5 Å². The summed E-state index contributed by atoms with van der Waals surface area (Å²) in [5.41, 5.74) is 3.30. The Kier molecular flexibility index (Phi) is 4.37. The number of anilines is 3. The highest BCUT2D eigenvalue weighted by molar-refractivity contribution is 5.73. The second-order valence-corrected chi connectivity index (χ2v) is 6.44. The highest BCUT2D eigenvalue weighted by Crippen LogP contribution is 2.35. The van der Waals surface area contributed by atoms with E-state index in [0.29, 0.717) is 24.7 Å². The number of fused-ring (bicyclic) bond motifs is 1. The highest BCUT2D eigenvalue weighted by Gasteiger charge is 2.29. The van der Waals surface area contributed by atoms with Gasteiger partial charge in [-0.3, -0.25) is 10.1 Å². The van der Waals surface area contributed by atoms with Crippen molar-refractivity contribution in [3.63, 3.8) is 0 Å². The van der Waals surface area contributed by atoms with Crippen LogP contribution in [-0.2, 0) is 13.0 Å². The minimum absolute atomic E-state index is 0.139. The summed E-state index contributed by atoms with van der Waals surface area (Å²) in [5, 5.41) is 14.8. The minimum atomic E-state index is -0.438. The molecule has 1 aliphatic heterocycles. The molecule has 4 rings (SSSR count). The molecule has 0 atom stereocenters. The lowest BCUT2D eigenvalue weighted by molar-refractivity contribution is -0.383. The summed E-state index contributed by atoms with van der Waals surface area (Å²) in [6.45, 7) is 3.17. The van der Waals surface area contributed by atoms with Crippen LogP contribution in [0.25, 0.3) is 0 Å². The maximum atomic E-state index is 11.8. The molecule has 0 spiro atoms. The molecular formula is C19H18N6O2. The van der Waals surface area contributed by atoms with Crippen LogP contribution in [0.2, 0.25) is 0 Å². The lowest BCUT2D eigenvalue weighted by Gasteiger charge is -2.29. The second kappa shape index (κ2) is 6.99. The lowest BCUT2D eigenvalue weighted by Crippen LogP contribution is -2.31. The minimum Gasteiger partial charge on any atom is -0.346 e. The van der Waals surface area contributed by atoms with Crippen LogP contribution in [0, 0.1) is 17.0 Å². The number of benzene rings is 1. The fourth-order valence-corrected chi connectivity index (χ4v) is 3.20. The summed E-state index contributed by atoms with van der Waals surface area (Å²) >= 11 is 0. The predicted molar refractivity (Wildman–Crippen MR) is 102 cm³/mol. The van der Waals surface area contributed by atoms with Crippen molar-refractivity contribution < 1.29 is 4.92 Å². The van der Waals surface area contributed by atoms with E-state index in [1.54, 1.807) is 12.3 Å². The number of nitrogens with one attached hydrogen (secondary N) is 1. The fraction of sp³-hybridized carbons (Fsp3) is 0.211. The molecule has 8 heteroatoms. The van der Waals surface area contributed by atoms with Crippen molar-refractivity contribution in [3.05, 3.63) is 75.7 Å². The lowest BCUT2D eigenvalue weighted by atomic mass is 10.00. The van der Waals surface area contributed by atoms with Gasteiger partial charge in [-0.05, 0) is 36.1 Å². The number of aromatic nitrogens is 3. The fourth-order valence-electron chi connectivity index (χ4n) is 3.20. The van der Waals surface area contributed by atoms with E-state index >= 15 is 0 Å². The maximum absolute atomic E-state index is 11.8. The van der Waals surface area contributed by atoms with Gasteiger partial charge in [0.25, 0.3) is 0 Å². The van der Waals surface area contributed by atoms with Crippen LogP contribution in [0.15, 0.2) is 48.9 Å². The Morgan fingerprint density at radius 2 is 1.93 bits per heavy atom. The summed E-state index contributed by atoms with van der Waals surface area (Å²) in [7, 11) is 0. The van der Waals surface area contributed by atoms with Gasteiger partial charge in [0.15, 0.2) is 0 Å². The third kappa shape index (κ3) is 3.41. The smallest absolute Gasteiger partial charge is 0.346 e. The molecule has 27 heavy (non-hydrogen) atoms. The second-order valence-electron chi connectivity index (χ2n) is 6.44. The summed E-state index contributed by atoms with van der Waals surface area (Å²) in [6.07, 6.45) is 3.86. The molecule has 0 fully saturated rings. The van der Waals surface area contributed by atoms with Crippen molar-refractivity contribution in [2.75, 3.05) is 16.8 Å². The SMILES string of the molecule is Cc1ccc(Nc2ncnc(N3CCc4ccccc4C3)c2[N+](=O)[O-])nc1. The molecule has 0 saturated carbocycles. The van der Waals surface area contributed by atoms with Gasteiger partial charge in [0, 0.05) is 19.3 Å². The molecule has 0 bridgehead atoms. The molecular weight excluding hydrogens is 344 g/mol. The van der Waals surface area contributed by atoms with Gasteiger partial charge in [-0.15, -0.1) is 0 Å². The molecule has 0 aliphatic carbocycles. The van der Waals surface area contributed by atoms with Crippen molar-refractivity contribution in [3.8, 4) is 0 Å². The third-order valence-electron chi connectivity index (χ3n) is 4.57. The van der Waals surface area contributed by atoms with Crippen LogP contribution in [0.1, 0.15) is 16.7 Å². The Balaban J connectivity index is 1.69. The quantitative estimate of drug-likeness (QED) is 0.561. The van der Waals surface area contributed by atoms with Gasteiger partial charge in [-0.1, -0.05) is 30.3 Å². The van der Waals surface area contributed by atoms with Gasteiger partial charge >= 0.3 is 5.69 Å². The molecule has 0 unspecified atom stereocenters. The van der Waals surface area contributed by atoms with E-state index < -0.39 is 4.92 Å². The Hall–Kier alpha value is -3.55. The summed E-state index contributed by atoms with van der Waals surface area (Å²) in [5.74, 6) is 0.955. The van der Waals surface area contributed by atoms with Crippen LogP contribution in [-0.4, -0.2) is 26.4 Å². The molecule has 136 valence electrons. The van der Waals surface area contributed by atoms with Crippen molar-refractivity contribution in [1.29, 1.82) is 0 Å². The zero-order valence-corrected chi connectivity index (χ0v) is 14.8. The average molecular weight is 362 g/mol. The van der Waals surface area contributed by atoms with Crippen LogP contribution in [0.4, 0.5) is 23.1 Å². The first kappa shape index (κ1) is 16.9. The Bertz CT molecular complexity index is 990. The van der Waals surface area contributed by atoms with Gasteiger partial charge in [-0.2, -0.15) is 0 Å². The van der Waals surface area contributed by atoms with Gasteiger partial charge in [0.1, 0.15) is 12.1 Å². The third-order valence-corrected chi connectivity index (χ3v) is 4.57. The standard InChI is InChI=1S/C19H18N6O2/c1-13-6-7-16(20-10-13)23-18-17(25(26)27)19(22-12-21-18)24-9-8-14-4-2-3-5-15(14)11-24/h2-7,10,12H,8-9,11H2,1H3,(H,20,21,22,23). The zero-order chi connectivity index (χ0) is 18.8. The van der Waals surface area contributed by atoms with Crippen molar-refractivity contribution >= 4 is 23.1 Å². The molecule has 1 N–H and O–H groups in total. The molecule has 8 nitrogen and oxygen atoms in total. The zero-order valence-electron chi connectivity index (χ0n) is 14.8. The number of nitrogens with zero attached hydrogens (tertiary/aromatic N) is 5. The first-order chi connectivity index (χ1) is 13.1. The molecule has 0 saturated heterocycles. The van der Waals surface area contributed by atoms with E-state index in [4.69, 9.17) is 0 Å². The monoisotopic (exact) mass is 362 g/mol. The topological polar surface area (TPSA) is 97.1 Å². The van der Waals surface area contributed by atoms with Crippen LogP contribution >= 0.6 is 0 Å². The van der Waals surface area contributed by atoms with Crippen molar-refractivity contribution in [1.82, 2.24) is 15.0 Å². The van der Waals surface area contributed by atoms with Gasteiger partial charge < -0.3 is 10.2 Å². The van der Waals surface area contributed by atoms with Crippen molar-refractivity contribution in [2.45, 2.75) is 19.9 Å². The number of hydrogen-bond acceptors (Lipinski definition) is 7. The largest absolute Gasteiger partial charge is 0.353 e. The van der Waals surface area contributed by atoms with Crippen LogP contribution in [0.3, 0.4) is 0 Å². The van der Waals surface area contributed by atoms with E-state index in [2.05, 4.69) is 26.3 Å². The Labute approximate surface area is 156 Å². The highest BCUT2D eigenvalue weighted by atomic mass is 16.6.